The summed E-state index contributed by atoms with van der Waals surface area (Å²) in [6.45, 7) is 14.6. The third-order valence-corrected chi connectivity index (χ3v) is 12.1. The second-order valence-electron chi connectivity index (χ2n) is 18.1. The maximum Gasteiger partial charge on any atom is 0.307 e. The van der Waals surface area contributed by atoms with E-state index < -0.39 is 26.5 Å². The summed E-state index contributed by atoms with van der Waals surface area (Å²) in [5.74, 6) is 2.38. The topological polar surface area (TPSA) is 203 Å². The molecule has 4 rings (SSSR count). The van der Waals surface area contributed by atoms with E-state index >= 15 is 0 Å². The molecule has 0 radical (unpaired) electrons. The summed E-state index contributed by atoms with van der Waals surface area (Å²) < 4.78 is 48.1. The predicted octanol–water partition coefficient (Wildman–Crippen LogP) is 8.56. The first-order valence-corrected chi connectivity index (χ1v) is 22.6. The minimum absolute atomic E-state index is 0.0365. The van der Waals surface area contributed by atoms with Crippen molar-refractivity contribution in [1.29, 1.82) is 0 Å². The van der Waals surface area contributed by atoms with Crippen LogP contribution in [0.5, 0.6) is 0 Å². The third kappa shape index (κ3) is 18.6. The van der Waals surface area contributed by atoms with Crippen molar-refractivity contribution < 1.29 is 36.5 Å². The van der Waals surface area contributed by atoms with E-state index in [9.17, 15) is 18.0 Å². The normalized spacial score (nSPS) is 17.2. The van der Waals surface area contributed by atoms with Gasteiger partial charge in [0.2, 0.25) is 21.8 Å². The van der Waals surface area contributed by atoms with Crippen LogP contribution in [0.15, 0.2) is 9.05 Å². The fourth-order valence-electron chi connectivity index (χ4n) is 7.41. The number of carbonyl (C=O) groups excluding carboxylic acids is 2. The molecule has 0 aliphatic heterocycles. The average Bonchev–Trinajstić information content (AvgIpc) is 3.80. The van der Waals surface area contributed by atoms with Crippen LogP contribution < -0.4 is 10.5 Å². The highest BCUT2D eigenvalue weighted by Crippen LogP contribution is 2.33. The molecule has 0 amide bonds. The maximum atomic E-state index is 12.4. The molecular weight excluding hydrogens is 737 g/mol. The van der Waals surface area contributed by atoms with Gasteiger partial charge in [-0.25, -0.2) is 13.1 Å². The van der Waals surface area contributed by atoms with Crippen molar-refractivity contribution in [2.75, 3.05) is 0 Å². The van der Waals surface area contributed by atoms with Crippen molar-refractivity contribution in [2.24, 2.45) is 17.6 Å². The molecule has 2 heterocycles. The van der Waals surface area contributed by atoms with Gasteiger partial charge in [-0.15, -0.1) is 0 Å². The van der Waals surface area contributed by atoms with Gasteiger partial charge < -0.3 is 24.3 Å². The Labute approximate surface area is 336 Å². The quantitative estimate of drug-likeness (QED) is 0.128. The van der Waals surface area contributed by atoms with Gasteiger partial charge in [0.05, 0.1) is 31.2 Å². The minimum atomic E-state index is -3.42. The highest BCUT2D eigenvalue weighted by atomic mass is 32.2. The summed E-state index contributed by atoms with van der Waals surface area (Å²) in [5.41, 5.74) is 4.53. The largest absolute Gasteiger partial charge is 0.460 e. The van der Waals surface area contributed by atoms with Gasteiger partial charge in [0, 0.05) is 11.8 Å². The zero-order valence-corrected chi connectivity index (χ0v) is 36.4. The average molecular weight is 809 g/mol. The second-order valence-corrected chi connectivity index (χ2v) is 20.4. The second kappa shape index (κ2) is 22.9. The van der Waals surface area contributed by atoms with E-state index in [1.54, 1.807) is 13.8 Å². The number of esters is 2. The molecule has 0 aromatic carbocycles. The number of hydrogen-bond donors (Lipinski definition) is 2. The van der Waals surface area contributed by atoms with Gasteiger partial charge in [0.1, 0.15) is 11.2 Å². The minimum Gasteiger partial charge on any atom is -0.460 e. The molecule has 0 unspecified atom stereocenters. The Hall–Kier alpha value is -2.91. The Kier molecular flexibility index (Phi) is 19.4. The highest BCUT2D eigenvalue weighted by molar-refractivity contribution is 7.90. The van der Waals surface area contributed by atoms with Gasteiger partial charge in [-0.1, -0.05) is 100 Å². The Bertz CT molecular complexity index is 1550. The molecule has 56 heavy (non-hydrogen) atoms. The molecule has 2 aromatic rings. The van der Waals surface area contributed by atoms with Gasteiger partial charge >= 0.3 is 11.9 Å². The van der Waals surface area contributed by atoms with Gasteiger partial charge in [-0.3, -0.25) is 9.59 Å². The van der Waals surface area contributed by atoms with Crippen molar-refractivity contribution >= 4 is 22.0 Å². The number of hydrogen-bond acceptors (Lipinski definition) is 13. The zero-order chi connectivity index (χ0) is 41.4. The summed E-state index contributed by atoms with van der Waals surface area (Å²) in [7, 11) is -3.42. The first-order chi connectivity index (χ1) is 26.3. The van der Waals surface area contributed by atoms with Crippen molar-refractivity contribution in [1.82, 2.24) is 25.0 Å². The summed E-state index contributed by atoms with van der Waals surface area (Å²) in [6.07, 6.45) is 19.8. The molecule has 15 heteroatoms. The molecule has 2 aliphatic carbocycles. The first kappa shape index (κ1) is 47.5. The van der Waals surface area contributed by atoms with Crippen molar-refractivity contribution in [3.05, 3.63) is 23.4 Å². The maximum absolute atomic E-state index is 12.4. The van der Waals surface area contributed by atoms with Gasteiger partial charge in [0.25, 0.3) is 0 Å². The fraction of sp³-hybridized carbons (Fsp3) is 0.854. The summed E-state index contributed by atoms with van der Waals surface area (Å²) in [4.78, 5) is 33.4. The Balaban J connectivity index is 0.000000307. The lowest BCUT2D eigenvalue weighted by Crippen LogP contribution is -2.30. The van der Waals surface area contributed by atoms with Crippen LogP contribution in [0.1, 0.15) is 206 Å². The van der Waals surface area contributed by atoms with Crippen LogP contribution in [-0.4, -0.2) is 57.1 Å². The SMILES string of the molecule is CC(C)(C)OC(=O)C[C@@H](CCCC1CCCCC1)c1nc(CN)no1.CC(C)S(=O)(=O)NCc1noc([C@H](CCCC2CCCCC2)CC(=O)OC(C)(C)C)n1. The number of nitrogens with zero attached hydrogens (tertiary/aromatic N) is 4. The van der Waals surface area contributed by atoms with Gasteiger partial charge in [-0.2, -0.15) is 9.97 Å². The molecule has 2 aliphatic rings. The lowest BCUT2D eigenvalue weighted by molar-refractivity contribution is -0.156. The van der Waals surface area contributed by atoms with E-state index in [0.717, 1.165) is 43.9 Å². The number of rotatable bonds is 19. The molecule has 3 N–H and O–H groups in total. The molecule has 0 saturated heterocycles. The number of nitrogens with one attached hydrogen (secondary N) is 1. The van der Waals surface area contributed by atoms with Crippen LogP contribution in [-0.2, 0) is 42.2 Å². The van der Waals surface area contributed by atoms with Crippen molar-refractivity contribution in [3.8, 4) is 0 Å². The Morgan fingerprint density at radius 1 is 0.732 bits per heavy atom. The Morgan fingerprint density at radius 2 is 1.14 bits per heavy atom. The molecular formula is C41H72N6O8S. The third-order valence-electron chi connectivity index (χ3n) is 10.3. The standard InChI is InChI=1S/C22H39N3O5S.C19H33N3O3/c1-16(2)31(27,28)23-15-19-24-21(30-25-19)18(14-20(26)29-22(3,4)5)13-9-12-17-10-7-6-8-11-17;1-19(2,3)24-17(23)12-15(18-21-16(13-20)22-25-18)11-7-10-14-8-5-4-6-9-14/h16-18,23H,6-15H2,1-5H3;14-15H,4-13,20H2,1-3H3/t18-;15-/m11/s1. The summed E-state index contributed by atoms with van der Waals surface area (Å²) >= 11 is 0. The van der Waals surface area contributed by atoms with E-state index in [1.165, 1.54) is 70.6 Å². The fourth-order valence-corrected chi connectivity index (χ4v) is 8.07. The number of aromatic nitrogens is 4. The van der Waals surface area contributed by atoms with Crippen LogP contribution >= 0.6 is 0 Å². The predicted molar refractivity (Wildman–Crippen MR) is 215 cm³/mol. The van der Waals surface area contributed by atoms with E-state index in [-0.39, 0.29) is 55.5 Å². The number of carbonyl (C=O) groups is 2. The van der Waals surface area contributed by atoms with Crippen molar-refractivity contribution in [3.63, 3.8) is 0 Å². The molecule has 2 aromatic heterocycles. The summed E-state index contributed by atoms with van der Waals surface area (Å²) in [5, 5.41) is 7.24. The molecule has 2 saturated carbocycles. The number of nitrogens with two attached hydrogens (primary N) is 1. The lowest BCUT2D eigenvalue weighted by atomic mass is 9.84. The molecule has 2 fully saturated rings. The van der Waals surface area contributed by atoms with E-state index in [4.69, 9.17) is 24.3 Å². The van der Waals surface area contributed by atoms with Crippen LogP contribution in [0.25, 0.3) is 0 Å². The zero-order valence-electron chi connectivity index (χ0n) is 35.6. The Morgan fingerprint density at radius 3 is 1.52 bits per heavy atom. The lowest BCUT2D eigenvalue weighted by Gasteiger charge is -2.23. The van der Waals surface area contributed by atoms with Crippen LogP contribution in [0.2, 0.25) is 0 Å². The molecule has 14 nitrogen and oxygen atoms in total. The number of ether oxygens (including phenoxy) is 2. The molecule has 320 valence electrons. The number of sulfonamides is 1. The van der Waals surface area contributed by atoms with Crippen LogP contribution in [0.3, 0.4) is 0 Å². The van der Waals surface area contributed by atoms with Crippen LogP contribution in [0, 0.1) is 11.8 Å². The molecule has 0 spiro atoms. The molecule has 0 bridgehead atoms. The van der Waals surface area contributed by atoms with E-state index in [2.05, 4.69) is 25.0 Å². The first-order valence-electron chi connectivity index (χ1n) is 21.1. The highest BCUT2D eigenvalue weighted by Gasteiger charge is 2.28. The van der Waals surface area contributed by atoms with E-state index in [1.807, 2.05) is 41.5 Å². The van der Waals surface area contributed by atoms with Crippen molar-refractivity contribution in [2.45, 2.75) is 212 Å². The van der Waals surface area contributed by atoms with Gasteiger partial charge in [-0.05, 0) is 80.1 Å². The van der Waals surface area contributed by atoms with Gasteiger partial charge in [0.15, 0.2) is 11.6 Å². The molecule has 2 atom stereocenters. The monoisotopic (exact) mass is 809 g/mol. The summed E-state index contributed by atoms with van der Waals surface area (Å²) in [6, 6.07) is 0. The van der Waals surface area contributed by atoms with Crippen LogP contribution in [0.4, 0.5) is 0 Å². The van der Waals surface area contributed by atoms with E-state index in [0.29, 0.717) is 17.6 Å². The smallest absolute Gasteiger partial charge is 0.307 e.